The molecule has 0 aliphatic carbocycles. The fraction of sp³-hybridized carbons (Fsp3) is 0.300. The van der Waals surface area contributed by atoms with E-state index in [-0.39, 0.29) is 5.91 Å². The van der Waals surface area contributed by atoms with Crippen molar-refractivity contribution in [1.82, 2.24) is 25.5 Å². The minimum absolute atomic E-state index is 0.0824. The number of carbonyl (C=O) groups is 1. The zero-order valence-corrected chi connectivity index (χ0v) is 14.7. The van der Waals surface area contributed by atoms with Crippen molar-refractivity contribution in [2.45, 2.75) is 0 Å². The number of nitrogens with one attached hydrogen (secondary N) is 3. The molecular formula is C20H23N5O. The van der Waals surface area contributed by atoms with E-state index in [1.54, 1.807) is 12.2 Å². The van der Waals surface area contributed by atoms with Crippen molar-refractivity contribution in [3.63, 3.8) is 0 Å². The Morgan fingerprint density at radius 3 is 2.92 bits per heavy atom. The highest BCUT2D eigenvalue weighted by Gasteiger charge is 2.09. The Balaban J connectivity index is 1.38. The van der Waals surface area contributed by atoms with Gasteiger partial charge in [-0.05, 0) is 18.2 Å². The van der Waals surface area contributed by atoms with E-state index in [4.69, 9.17) is 0 Å². The Morgan fingerprint density at radius 2 is 2.04 bits per heavy atom. The molecule has 4 rings (SSSR count). The molecule has 1 aliphatic heterocycles. The highest BCUT2D eigenvalue weighted by atomic mass is 16.1. The Kier molecular flexibility index (Phi) is 4.95. The first kappa shape index (κ1) is 16.8. The Hall–Kier alpha value is -2.70. The summed E-state index contributed by atoms with van der Waals surface area (Å²) < 4.78 is 0. The zero-order valence-electron chi connectivity index (χ0n) is 14.7. The highest BCUT2D eigenvalue weighted by molar-refractivity contribution is 6.07. The van der Waals surface area contributed by atoms with E-state index in [0.29, 0.717) is 6.54 Å². The third-order valence-electron chi connectivity index (χ3n) is 4.75. The van der Waals surface area contributed by atoms with E-state index in [1.807, 2.05) is 24.4 Å². The van der Waals surface area contributed by atoms with E-state index in [0.717, 1.165) is 54.8 Å². The third kappa shape index (κ3) is 3.76. The fourth-order valence-corrected chi connectivity index (χ4v) is 3.35. The normalized spacial score (nSPS) is 15.8. The lowest BCUT2D eigenvalue weighted by Gasteiger charge is -2.26. The first-order valence-electron chi connectivity index (χ1n) is 9.05. The smallest absolute Gasteiger partial charge is 0.244 e. The summed E-state index contributed by atoms with van der Waals surface area (Å²) in [7, 11) is 0. The maximum Gasteiger partial charge on any atom is 0.244 e. The number of para-hydroxylation sites is 1. The molecule has 26 heavy (non-hydrogen) atoms. The van der Waals surface area contributed by atoms with Crippen LogP contribution in [0.3, 0.4) is 0 Å². The van der Waals surface area contributed by atoms with E-state index < -0.39 is 0 Å². The molecule has 6 heteroatoms. The zero-order chi connectivity index (χ0) is 17.8. The van der Waals surface area contributed by atoms with Gasteiger partial charge in [-0.3, -0.25) is 14.7 Å². The lowest BCUT2D eigenvalue weighted by Crippen LogP contribution is -2.46. The number of benzene rings is 1. The molecular weight excluding hydrogens is 326 g/mol. The summed E-state index contributed by atoms with van der Waals surface area (Å²) in [4.78, 5) is 22.1. The molecule has 0 atom stereocenters. The Morgan fingerprint density at radius 1 is 1.19 bits per heavy atom. The second kappa shape index (κ2) is 7.68. The van der Waals surface area contributed by atoms with Crippen molar-refractivity contribution < 1.29 is 4.79 Å². The van der Waals surface area contributed by atoms with Crippen molar-refractivity contribution >= 4 is 33.8 Å². The van der Waals surface area contributed by atoms with E-state index >= 15 is 0 Å². The molecule has 2 aromatic heterocycles. The first-order chi connectivity index (χ1) is 12.8. The Bertz CT molecular complexity index is 940. The van der Waals surface area contributed by atoms with Crippen LogP contribution in [0.1, 0.15) is 5.69 Å². The quantitative estimate of drug-likeness (QED) is 0.614. The predicted molar refractivity (Wildman–Crippen MR) is 105 cm³/mol. The maximum atomic E-state index is 12.0. The first-order valence-corrected chi connectivity index (χ1v) is 9.05. The second-order valence-electron chi connectivity index (χ2n) is 6.54. The number of piperazine rings is 1. The Labute approximate surface area is 152 Å². The van der Waals surface area contributed by atoms with Gasteiger partial charge in [-0.1, -0.05) is 18.2 Å². The van der Waals surface area contributed by atoms with Gasteiger partial charge in [-0.25, -0.2) is 0 Å². The molecule has 134 valence electrons. The summed E-state index contributed by atoms with van der Waals surface area (Å²) >= 11 is 0. The van der Waals surface area contributed by atoms with Gasteiger partial charge in [0.25, 0.3) is 0 Å². The number of amides is 1. The topological polar surface area (TPSA) is 73.0 Å². The third-order valence-corrected chi connectivity index (χ3v) is 4.75. The van der Waals surface area contributed by atoms with Crippen LogP contribution in [0.4, 0.5) is 0 Å². The standard InChI is InChI=1S/C20H23N5O/c26-20(22-9-12-25-10-7-21-8-11-25)6-5-15-13-17-16-3-1-2-4-18(16)24-19(17)14-23-15/h1-6,13-14,21,24H,7-12H2,(H,22,26)/b6-5+. The summed E-state index contributed by atoms with van der Waals surface area (Å²) in [5.74, 6) is -0.0824. The van der Waals surface area contributed by atoms with E-state index in [2.05, 4.69) is 37.6 Å². The molecule has 0 spiro atoms. The van der Waals surface area contributed by atoms with Crippen LogP contribution in [-0.4, -0.2) is 60.0 Å². The molecule has 1 aliphatic rings. The van der Waals surface area contributed by atoms with Crippen molar-refractivity contribution in [2.75, 3.05) is 39.3 Å². The number of H-pyrrole nitrogens is 1. The molecule has 0 radical (unpaired) electrons. The van der Waals surface area contributed by atoms with Gasteiger partial charge in [0.1, 0.15) is 0 Å². The molecule has 3 N–H and O–H groups in total. The van der Waals surface area contributed by atoms with Gasteiger partial charge in [0.05, 0.1) is 17.4 Å². The molecule has 3 aromatic rings. The molecule has 1 saturated heterocycles. The van der Waals surface area contributed by atoms with Gasteiger partial charge in [0.15, 0.2) is 0 Å². The van der Waals surface area contributed by atoms with Gasteiger partial charge in [0.2, 0.25) is 5.91 Å². The van der Waals surface area contributed by atoms with Crippen LogP contribution in [0.5, 0.6) is 0 Å². The van der Waals surface area contributed by atoms with E-state index in [1.165, 1.54) is 5.39 Å². The van der Waals surface area contributed by atoms with Crippen LogP contribution >= 0.6 is 0 Å². The van der Waals surface area contributed by atoms with Crippen LogP contribution in [-0.2, 0) is 4.79 Å². The number of rotatable bonds is 5. The van der Waals surface area contributed by atoms with Crippen molar-refractivity contribution in [3.05, 3.63) is 48.3 Å². The lowest BCUT2D eigenvalue weighted by molar-refractivity contribution is -0.116. The summed E-state index contributed by atoms with van der Waals surface area (Å²) in [6.07, 6.45) is 5.14. The van der Waals surface area contributed by atoms with Crippen molar-refractivity contribution in [2.24, 2.45) is 0 Å². The number of fused-ring (bicyclic) bond motifs is 3. The number of aromatic amines is 1. The molecule has 1 aromatic carbocycles. The molecule has 0 saturated carbocycles. The minimum Gasteiger partial charge on any atom is -0.353 e. The number of pyridine rings is 1. The minimum atomic E-state index is -0.0824. The molecule has 3 heterocycles. The SMILES string of the molecule is O=C(/C=C/c1cc2c(cn1)[nH]c1ccccc12)NCCN1CCNCC1. The second-order valence-corrected chi connectivity index (χ2v) is 6.54. The van der Waals surface area contributed by atoms with Crippen LogP contribution in [0.15, 0.2) is 42.6 Å². The number of hydrogen-bond donors (Lipinski definition) is 3. The molecule has 0 bridgehead atoms. The summed E-state index contributed by atoms with van der Waals surface area (Å²) in [5, 5.41) is 8.55. The molecule has 6 nitrogen and oxygen atoms in total. The van der Waals surface area contributed by atoms with Gasteiger partial charge in [-0.15, -0.1) is 0 Å². The summed E-state index contributed by atoms with van der Waals surface area (Å²) in [6.45, 7) is 5.69. The van der Waals surface area contributed by atoms with Crippen LogP contribution in [0, 0.1) is 0 Å². The molecule has 1 fully saturated rings. The van der Waals surface area contributed by atoms with Crippen molar-refractivity contribution in [1.29, 1.82) is 0 Å². The molecule has 0 unspecified atom stereocenters. The highest BCUT2D eigenvalue weighted by Crippen LogP contribution is 2.25. The molecule has 1 amide bonds. The lowest BCUT2D eigenvalue weighted by atomic mass is 10.1. The number of aromatic nitrogens is 2. The summed E-state index contributed by atoms with van der Waals surface area (Å²) in [6, 6.07) is 10.2. The van der Waals surface area contributed by atoms with Crippen molar-refractivity contribution in [3.8, 4) is 0 Å². The largest absolute Gasteiger partial charge is 0.353 e. The van der Waals surface area contributed by atoms with Crippen LogP contribution < -0.4 is 10.6 Å². The predicted octanol–water partition coefficient (Wildman–Crippen LogP) is 1.75. The average Bonchev–Trinajstić information content (AvgIpc) is 3.05. The number of hydrogen-bond acceptors (Lipinski definition) is 4. The van der Waals surface area contributed by atoms with Crippen LogP contribution in [0.2, 0.25) is 0 Å². The summed E-state index contributed by atoms with van der Waals surface area (Å²) in [5.41, 5.74) is 2.87. The van der Waals surface area contributed by atoms with Gasteiger partial charge >= 0.3 is 0 Å². The number of carbonyl (C=O) groups excluding carboxylic acids is 1. The van der Waals surface area contributed by atoms with Gasteiger partial charge < -0.3 is 15.6 Å². The van der Waals surface area contributed by atoms with Crippen LogP contribution in [0.25, 0.3) is 27.9 Å². The fourth-order valence-electron chi connectivity index (χ4n) is 3.35. The monoisotopic (exact) mass is 349 g/mol. The van der Waals surface area contributed by atoms with Gasteiger partial charge in [-0.2, -0.15) is 0 Å². The van der Waals surface area contributed by atoms with E-state index in [9.17, 15) is 4.79 Å². The number of nitrogens with zero attached hydrogens (tertiary/aromatic N) is 2. The van der Waals surface area contributed by atoms with Gasteiger partial charge in [0, 0.05) is 61.6 Å². The maximum absolute atomic E-state index is 12.0. The average molecular weight is 349 g/mol.